The maximum atomic E-state index is 10.9. The predicted octanol–water partition coefficient (Wildman–Crippen LogP) is 3.69. The molecule has 20 heavy (non-hydrogen) atoms. The Hall–Kier alpha value is -1.77. The van der Waals surface area contributed by atoms with Crippen molar-refractivity contribution >= 4 is 12.0 Å². The molecule has 1 aromatic rings. The molecular formula is C17H23NO2. The lowest BCUT2D eigenvalue weighted by Gasteiger charge is -2.21. The molecule has 1 aliphatic rings. The summed E-state index contributed by atoms with van der Waals surface area (Å²) in [5.41, 5.74) is 3.18. The minimum absolute atomic E-state index is 0.422. The second kappa shape index (κ2) is 6.60. The van der Waals surface area contributed by atoms with Crippen LogP contribution >= 0.6 is 0 Å². The van der Waals surface area contributed by atoms with Crippen molar-refractivity contribution in [1.29, 1.82) is 0 Å². The minimum atomic E-state index is 0.422. The SMILES string of the molecule is C[C@H](C=C1CCC1)COc1ccc(C=O)cc1N(C)C. The summed E-state index contributed by atoms with van der Waals surface area (Å²) in [6.45, 7) is 2.85. The van der Waals surface area contributed by atoms with Crippen LogP contribution < -0.4 is 9.64 Å². The van der Waals surface area contributed by atoms with Gasteiger partial charge in [0.05, 0.1) is 12.3 Å². The molecule has 0 amide bonds. The molecule has 0 saturated heterocycles. The fraction of sp³-hybridized carbons (Fsp3) is 0.471. The van der Waals surface area contributed by atoms with Crippen LogP contribution in [0.3, 0.4) is 0 Å². The molecule has 108 valence electrons. The van der Waals surface area contributed by atoms with Gasteiger partial charge in [0.25, 0.3) is 0 Å². The smallest absolute Gasteiger partial charge is 0.150 e. The molecular weight excluding hydrogens is 250 g/mol. The topological polar surface area (TPSA) is 29.5 Å². The molecule has 0 spiro atoms. The van der Waals surface area contributed by atoms with Crippen LogP contribution in [0.15, 0.2) is 29.8 Å². The quantitative estimate of drug-likeness (QED) is 0.585. The van der Waals surface area contributed by atoms with Crippen LogP contribution in [-0.2, 0) is 0 Å². The molecule has 1 aromatic carbocycles. The largest absolute Gasteiger partial charge is 0.491 e. The van der Waals surface area contributed by atoms with Gasteiger partial charge < -0.3 is 9.64 Å². The monoisotopic (exact) mass is 273 g/mol. The fourth-order valence-electron chi connectivity index (χ4n) is 2.30. The number of rotatable bonds is 6. The molecule has 3 nitrogen and oxygen atoms in total. The zero-order valence-electron chi connectivity index (χ0n) is 12.6. The molecule has 1 atom stereocenters. The van der Waals surface area contributed by atoms with E-state index < -0.39 is 0 Å². The first-order valence-electron chi connectivity index (χ1n) is 7.19. The Bertz CT molecular complexity index is 500. The van der Waals surface area contributed by atoms with Crippen molar-refractivity contribution in [1.82, 2.24) is 0 Å². The lowest BCUT2D eigenvalue weighted by atomic mass is 9.90. The first-order chi connectivity index (χ1) is 9.60. The number of hydrogen-bond donors (Lipinski definition) is 0. The average molecular weight is 273 g/mol. The van der Waals surface area contributed by atoms with Gasteiger partial charge in [-0.25, -0.2) is 0 Å². The Balaban J connectivity index is 2.02. The fourth-order valence-corrected chi connectivity index (χ4v) is 2.30. The Morgan fingerprint density at radius 3 is 2.65 bits per heavy atom. The van der Waals surface area contributed by atoms with E-state index in [-0.39, 0.29) is 0 Å². The van der Waals surface area contributed by atoms with E-state index in [1.807, 2.05) is 31.1 Å². The average Bonchev–Trinajstić information content (AvgIpc) is 2.40. The van der Waals surface area contributed by atoms with Gasteiger partial charge in [-0.3, -0.25) is 4.79 Å². The molecule has 0 bridgehead atoms. The number of carbonyl (C=O) groups excluding carboxylic acids is 1. The van der Waals surface area contributed by atoms with Crippen molar-refractivity contribution < 1.29 is 9.53 Å². The summed E-state index contributed by atoms with van der Waals surface area (Å²) in [5.74, 6) is 1.26. The molecule has 2 rings (SSSR count). The van der Waals surface area contributed by atoms with Gasteiger partial charge in [-0.05, 0) is 37.5 Å². The van der Waals surface area contributed by atoms with Gasteiger partial charge in [-0.2, -0.15) is 0 Å². The zero-order valence-corrected chi connectivity index (χ0v) is 12.6. The number of aldehydes is 1. The van der Waals surface area contributed by atoms with E-state index >= 15 is 0 Å². The van der Waals surface area contributed by atoms with Crippen molar-refractivity contribution in [2.75, 3.05) is 25.6 Å². The number of benzene rings is 1. The van der Waals surface area contributed by atoms with Crippen LogP contribution in [0, 0.1) is 5.92 Å². The van der Waals surface area contributed by atoms with Crippen molar-refractivity contribution in [3.8, 4) is 5.75 Å². The number of allylic oxidation sites excluding steroid dienone is 1. The van der Waals surface area contributed by atoms with Gasteiger partial charge in [-0.1, -0.05) is 18.6 Å². The van der Waals surface area contributed by atoms with Crippen molar-refractivity contribution in [2.24, 2.45) is 5.92 Å². The number of ether oxygens (including phenoxy) is 1. The summed E-state index contributed by atoms with van der Waals surface area (Å²) in [7, 11) is 3.91. The highest BCUT2D eigenvalue weighted by molar-refractivity contribution is 5.78. The first-order valence-corrected chi connectivity index (χ1v) is 7.19. The van der Waals surface area contributed by atoms with Gasteiger partial charge in [0, 0.05) is 25.6 Å². The maximum absolute atomic E-state index is 10.9. The van der Waals surface area contributed by atoms with Crippen LogP contribution in [0.1, 0.15) is 36.5 Å². The Morgan fingerprint density at radius 1 is 1.35 bits per heavy atom. The highest BCUT2D eigenvalue weighted by atomic mass is 16.5. The summed E-state index contributed by atoms with van der Waals surface area (Å²) in [6, 6.07) is 5.53. The van der Waals surface area contributed by atoms with E-state index in [1.54, 1.807) is 11.6 Å². The molecule has 0 radical (unpaired) electrons. The normalized spacial score (nSPS) is 15.2. The highest BCUT2D eigenvalue weighted by Crippen LogP contribution is 2.29. The van der Waals surface area contributed by atoms with Crippen molar-refractivity contribution in [2.45, 2.75) is 26.2 Å². The molecule has 0 N–H and O–H groups in total. The lowest BCUT2D eigenvalue weighted by Crippen LogP contribution is -2.14. The summed E-state index contributed by atoms with van der Waals surface area (Å²) in [5, 5.41) is 0. The molecule has 1 saturated carbocycles. The molecule has 0 aliphatic heterocycles. The summed E-state index contributed by atoms with van der Waals surface area (Å²) in [4.78, 5) is 12.8. The second-order valence-electron chi connectivity index (χ2n) is 5.71. The first kappa shape index (κ1) is 14.6. The zero-order chi connectivity index (χ0) is 14.5. The third-order valence-electron chi connectivity index (χ3n) is 3.62. The van der Waals surface area contributed by atoms with E-state index in [0.717, 1.165) is 17.7 Å². The predicted molar refractivity (Wildman–Crippen MR) is 82.7 cm³/mol. The van der Waals surface area contributed by atoms with E-state index in [0.29, 0.717) is 18.1 Å². The van der Waals surface area contributed by atoms with Crippen molar-refractivity contribution in [3.05, 3.63) is 35.4 Å². The number of nitrogens with zero attached hydrogens (tertiary/aromatic N) is 1. The minimum Gasteiger partial charge on any atom is -0.491 e. The molecule has 0 aromatic heterocycles. The second-order valence-corrected chi connectivity index (χ2v) is 5.71. The Kier molecular flexibility index (Phi) is 4.83. The Morgan fingerprint density at radius 2 is 2.10 bits per heavy atom. The van der Waals surface area contributed by atoms with E-state index in [2.05, 4.69) is 13.0 Å². The lowest BCUT2D eigenvalue weighted by molar-refractivity contribution is 0.112. The number of carbonyl (C=O) groups is 1. The summed E-state index contributed by atoms with van der Waals surface area (Å²) < 4.78 is 5.93. The standard InChI is InChI=1S/C17H23NO2/c1-13(9-14-5-4-6-14)12-20-17-8-7-15(11-19)10-16(17)18(2)3/h7-11,13H,4-6,12H2,1-3H3/t13-/m1/s1. The number of hydrogen-bond acceptors (Lipinski definition) is 3. The molecule has 1 fully saturated rings. The summed E-state index contributed by atoms with van der Waals surface area (Å²) >= 11 is 0. The third kappa shape index (κ3) is 3.62. The highest BCUT2D eigenvalue weighted by Gasteiger charge is 2.12. The van der Waals surface area contributed by atoms with Gasteiger partial charge >= 0.3 is 0 Å². The van der Waals surface area contributed by atoms with E-state index in [9.17, 15) is 4.79 Å². The van der Waals surface area contributed by atoms with E-state index in [4.69, 9.17) is 4.74 Å². The van der Waals surface area contributed by atoms with Gasteiger partial charge in [-0.15, -0.1) is 0 Å². The maximum Gasteiger partial charge on any atom is 0.150 e. The molecule has 1 aliphatic carbocycles. The Labute approximate surface area is 121 Å². The van der Waals surface area contributed by atoms with Crippen LogP contribution in [0.5, 0.6) is 5.75 Å². The molecule has 0 heterocycles. The summed E-state index contributed by atoms with van der Waals surface area (Å²) in [6.07, 6.45) is 7.03. The van der Waals surface area contributed by atoms with Crippen LogP contribution in [0.25, 0.3) is 0 Å². The van der Waals surface area contributed by atoms with Crippen LogP contribution in [0.2, 0.25) is 0 Å². The van der Waals surface area contributed by atoms with Crippen molar-refractivity contribution in [3.63, 3.8) is 0 Å². The third-order valence-corrected chi connectivity index (χ3v) is 3.62. The number of anilines is 1. The van der Waals surface area contributed by atoms with Gasteiger partial charge in [0.15, 0.2) is 0 Å². The van der Waals surface area contributed by atoms with Crippen LogP contribution in [-0.4, -0.2) is 27.0 Å². The van der Waals surface area contributed by atoms with Crippen LogP contribution in [0.4, 0.5) is 5.69 Å². The van der Waals surface area contributed by atoms with E-state index in [1.165, 1.54) is 19.3 Å². The van der Waals surface area contributed by atoms with Gasteiger partial charge in [0.2, 0.25) is 0 Å². The molecule has 3 heteroatoms. The van der Waals surface area contributed by atoms with Gasteiger partial charge in [0.1, 0.15) is 12.0 Å². The molecule has 0 unspecified atom stereocenters.